The number of hydrogen-bond donors (Lipinski definition) is 1. The van der Waals surface area contributed by atoms with Crippen molar-refractivity contribution in [2.75, 3.05) is 19.5 Å². The van der Waals surface area contributed by atoms with E-state index in [4.69, 9.17) is 9.47 Å². The first-order valence-corrected chi connectivity index (χ1v) is 11.6. The number of nitrogens with one attached hydrogen (secondary N) is 1. The highest BCUT2D eigenvalue weighted by molar-refractivity contribution is 8.03. The molecule has 0 spiro atoms. The molecule has 0 saturated heterocycles. The summed E-state index contributed by atoms with van der Waals surface area (Å²) in [6.07, 6.45) is 0. The summed E-state index contributed by atoms with van der Waals surface area (Å²) in [5, 5.41) is 13.7. The van der Waals surface area contributed by atoms with E-state index in [1.165, 1.54) is 18.9 Å². The molecule has 0 bridgehead atoms. The number of ketones is 1. The van der Waals surface area contributed by atoms with Crippen molar-refractivity contribution in [2.24, 2.45) is 0 Å². The second-order valence-corrected chi connectivity index (χ2v) is 8.35. The Balaban J connectivity index is 2.00. The predicted molar refractivity (Wildman–Crippen MR) is 129 cm³/mol. The molecule has 0 aliphatic carbocycles. The van der Waals surface area contributed by atoms with Crippen molar-refractivity contribution in [1.82, 2.24) is 5.32 Å². The lowest BCUT2D eigenvalue weighted by Crippen LogP contribution is -2.29. The van der Waals surface area contributed by atoms with Crippen LogP contribution in [0.1, 0.15) is 46.0 Å². The van der Waals surface area contributed by atoms with Gasteiger partial charge in [-0.2, -0.15) is 5.26 Å². The molecule has 1 atom stereocenters. The van der Waals surface area contributed by atoms with E-state index in [9.17, 15) is 19.6 Å². The van der Waals surface area contributed by atoms with Crippen molar-refractivity contribution >= 4 is 29.5 Å². The molecule has 34 heavy (non-hydrogen) atoms. The molecule has 174 valence electrons. The van der Waals surface area contributed by atoms with Gasteiger partial charge in [0.05, 0.1) is 53.2 Å². The summed E-state index contributed by atoms with van der Waals surface area (Å²) < 4.78 is 10.0. The highest BCUT2D eigenvalue weighted by Gasteiger charge is 2.35. The van der Waals surface area contributed by atoms with Crippen LogP contribution in [0.15, 0.2) is 76.5 Å². The van der Waals surface area contributed by atoms with E-state index in [2.05, 4.69) is 11.4 Å². The van der Waals surface area contributed by atoms with Crippen LogP contribution in [0.4, 0.5) is 0 Å². The first-order valence-electron chi connectivity index (χ1n) is 10.6. The Kier molecular flexibility index (Phi) is 8.28. The molecule has 3 rings (SSSR count). The molecule has 0 aromatic heterocycles. The van der Waals surface area contributed by atoms with Gasteiger partial charge < -0.3 is 14.8 Å². The number of esters is 2. The highest BCUT2D eigenvalue weighted by Crippen LogP contribution is 2.41. The van der Waals surface area contributed by atoms with Crippen LogP contribution in [0.3, 0.4) is 0 Å². The number of hydrogen-bond acceptors (Lipinski definition) is 8. The molecule has 1 aliphatic heterocycles. The maximum atomic E-state index is 12.8. The fraction of sp³-hybridized carbons (Fsp3) is 0.231. The molecule has 0 fully saturated rings. The van der Waals surface area contributed by atoms with Crippen molar-refractivity contribution in [1.29, 1.82) is 5.26 Å². The summed E-state index contributed by atoms with van der Waals surface area (Å²) in [4.78, 5) is 37.3. The number of carbonyl (C=O) groups excluding carboxylic acids is 3. The maximum Gasteiger partial charge on any atom is 0.337 e. The van der Waals surface area contributed by atoms with E-state index in [1.54, 1.807) is 62.4 Å². The average Bonchev–Trinajstić information content (AvgIpc) is 2.87. The molecule has 7 nitrogen and oxygen atoms in total. The number of benzene rings is 2. The molecule has 8 heteroatoms. The zero-order chi connectivity index (χ0) is 24.7. The Labute approximate surface area is 202 Å². The van der Waals surface area contributed by atoms with Crippen LogP contribution in [-0.2, 0) is 14.3 Å². The largest absolute Gasteiger partial charge is 0.465 e. The first kappa shape index (κ1) is 24.8. The summed E-state index contributed by atoms with van der Waals surface area (Å²) in [5.41, 5.74) is 2.71. The standard InChI is InChI=1S/C26H24N2O5S/c1-4-33-26(31)22-16(2)28-24(34-15-21(29)17-8-6-5-7-9-17)20(14-27)23(22)18-10-12-19(13-11-18)25(30)32-3/h5-13,23,28H,4,15H2,1-3H3/t23-/m1/s1. The Morgan fingerprint density at radius 1 is 1.03 bits per heavy atom. The maximum absolute atomic E-state index is 12.8. The third-order valence-electron chi connectivity index (χ3n) is 5.25. The Morgan fingerprint density at radius 3 is 2.29 bits per heavy atom. The van der Waals surface area contributed by atoms with Crippen LogP contribution in [-0.4, -0.2) is 37.2 Å². The van der Waals surface area contributed by atoms with Gasteiger partial charge in [-0.3, -0.25) is 4.79 Å². The van der Waals surface area contributed by atoms with Gasteiger partial charge in [-0.25, -0.2) is 9.59 Å². The summed E-state index contributed by atoms with van der Waals surface area (Å²) in [6.45, 7) is 3.62. The number of thioether (sulfide) groups is 1. The lowest BCUT2D eigenvalue weighted by atomic mass is 9.82. The zero-order valence-corrected chi connectivity index (χ0v) is 19.9. The van der Waals surface area contributed by atoms with Crippen LogP contribution < -0.4 is 5.32 Å². The van der Waals surface area contributed by atoms with Crippen molar-refractivity contribution in [2.45, 2.75) is 19.8 Å². The van der Waals surface area contributed by atoms with Crippen molar-refractivity contribution in [3.63, 3.8) is 0 Å². The molecule has 0 unspecified atom stereocenters. The quantitative estimate of drug-likeness (QED) is 0.443. The lowest BCUT2D eigenvalue weighted by Gasteiger charge is -2.29. The summed E-state index contributed by atoms with van der Waals surface area (Å²) >= 11 is 1.21. The predicted octanol–water partition coefficient (Wildman–Crippen LogP) is 4.35. The Bertz CT molecular complexity index is 1190. The number of nitrogens with zero attached hydrogens (tertiary/aromatic N) is 1. The van der Waals surface area contributed by atoms with Gasteiger partial charge in [0.2, 0.25) is 0 Å². The van der Waals surface area contributed by atoms with Crippen molar-refractivity contribution in [3.05, 3.63) is 93.2 Å². The molecular formula is C26H24N2O5S. The number of methoxy groups -OCH3 is 1. The van der Waals surface area contributed by atoms with Gasteiger partial charge in [0, 0.05) is 11.3 Å². The fourth-order valence-corrected chi connectivity index (χ4v) is 4.60. The van der Waals surface area contributed by atoms with Gasteiger partial charge in [0.15, 0.2) is 5.78 Å². The van der Waals surface area contributed by atoms with Crippen molar-refractivity contribution in [3.8, 4) is 6.07 Å². The minimum atomic E-state index is -0.716. The summed E-state index contributed by atoms with van der Waals surface area (Å²) in [6, 6.07) is 17.7. The van der Waals surface area contributed by atoms with Gasteiger partial charge in [0.1, 0.15) is 0 Å². The second-order valence-electron chi connectivity index (χ2n) is 7.36. The second kappa shape index (κ2) is 11.3. The Hall–Kier alpha value is -3.83. The number of rotatable bonds is 8. The van der Waals surface area contributed by atoms with E-state index in [-0.39, 0.29) is 18.1 Å². The van der Waals surface area contributed by atoms with Crippen LogP contribution in [0.5, 0.6) is 0 Å². The van der Waals surface area contributed by atoms with Crippen LogP contribution in [0.2, 0.25) is 0 Å². The third-order valence-corrected chi connectivity index (χ3v) is 6.27. The molecule has 2 aromatic rings. The Morgan fingerprint density at radius 2 is 1.71 bits per heavy atom. The van der Waals surface area contributed by atoms with Crippen LogP contribution in [0, 0.1) is 11.3 Å². The number of nitriles is 1. The van der Waals surface area contributed by atoms with Crippen LogP contribution >= 0.6 is 11.8 Å². The number of Topliss-reactive ketones (excluding diaryl/α,β-unsaturated/α-hetero) is 1. The van der Waals surface area contributed by atoms with E-state index >= 15 is 0 Å². The number of allylic oxidation sites excluding steroid dienone is 2. The van der Waals surface area contributed by atoms with E-state index in [1.807, 2.05) is 6.07 Å². The van der Waals surface area contributed by atoms with Gasteiger partial charge >= 0.3 is 11.9 Å². The van der Waals surface area contributed by atoms with E-state index < -0.39 is 17.9 Å². The average molecular weight is 477 g/mol. The smallest absolute Gasteiger partial charge is 0.337 e. The van der Waals surface area contributed by atoms with E-state index in [0.29, 0.717) is 38.6 Å². The monoisotopic (exact) mass is 476 g/mol. The number of carbonyl (C=O) groups is 3. The normalized spacial score (nSPS) is 15.3. The molecule has 1 aliphatic rings. The van der Waals surface area contributed by atoms with Gasteiger partial charge in [-0.1, -0.05) is 54.2 Å². The molecule has 1 heterocycles. The van der Waals surface area contributed by atoms with Crippen LogP contribution in [0.25, 0.3) is 0 Å². The number of ether oxygens (including phenoxy) is 2. The molecule has 2 aromatic carbocycles. The minimum Gasteiger partial charge on any atom is -0.465 e. The van der Waals surface area contributed by atoms with Crippen molar-refractivity contribution < 1.29 is 23.9 Å². The first-order chi connectivity index (χ1) is 16.4. The topological polar surface area (TPSA) is 105 Å². The van der Waals surface area contributed by atoms with Gasteiger partial charge in [-0.05, 0) is 31.5 Å². The molecule has 0 amide bonds. The highest BCUT2D eigenvalue weighted by atomic mass is 32.2. The lowest BCUT2D eigenvalue weighted by molar-refractivity contribution is -0.138. The van der Waals surface area contributed by atoms with Gasteiger partial charge in [0.25, 0.3) is 0 Å². The minimum absolute atomic E-state index is 0.0750. The van der Waals surface area contributed by atoms with E-state index in [0.717, 1.165) is 0 Å². The summed E-state index contributed by atoms with van der Waals surface area (Å²) in [7, 11) is 1.30. The zero-order valence-electron chi connectivity index (χ0n) is 19.1. The van der Waals surface area contributed by atoms with Gasteiger partial charge in [-0.15, -0.1) is 0 Å². The third kappa shape index (κ3) is 5.38. The molecular weight excluding hydrogens is 452 g/mol. The SMILES string of the molecule is CCOC(=O)C1=C(C)NC(SCC(=O)c2ccccc2)=C(C#N)[C@H]1c1ccc(C(=O)OC)cc1. The molecule has 0 saturated carbocycles. The molecule has 0 radical (unpaired) electrons. The number of dihydropyridines is 1. The summed E-state index contributed by atoms with van der Waals surface area (Å²) in [5.74, 6) is -1.69. The fourth-order valence-electron chi connectivity index (χ4n) is 3.61. The molecule has 1 N–H and O–H groups in total.